The number of hydrogen-bond acceptors (Lipinski definition) is 1. The molecule has 1 aromatic heterocycles. The molecule has 0 radical (unpaired) electrons. The summed E-state index contributed by atoms with van der Waals surface area (Å²) in [5, 5.41) is 0.678. The van der Waals surface area contributed by atoms with Gasteiger partial charge in [0.15, 0.2) is 0 Å². The normalized spacial score (nSPS) is 10.6. The molecule has 0 saturated heterocycles. The zero-order valence-electron chi connectivity index (χ0n) is 13.6. The average Bonchev–Trinajstić information content (AvgIpc) is 2.70. The third-order valence-electron chi connectivity index (χ3n) is 4.16. The Morgan fingerprint density at radius 3 is 1.60 bits per heavy atom. The van der Waals surface area contributed by atoms with Gasteiger partial charge in [-0.25, -0.2) is 4.98 Å². The van der Waals surface area contributed by atoms with Gasteiger partial charge in [-0.1, -0.05) is 103 Å². The Hall–Kier alpha value is -2.90. The molecule has 1 heterocycles. The molecule has 2 heteroatoms. The van der Waals surface area contributed by atoms with Gasteiger partial charge in [0.1, 0.15) is 0 Å². The maximum absolute atomic E-state index is 6.77. The molecule has 0 saturated carbocycles. The second kappa shape index (κ2) is 6.92. The average molecular weight is 342 g/mol. The zero-order chi connectivity index (χ0) is 17.1. The van der Waals surface area contributed by atoms with E-state index in [1.165, 1.54) is 0 Å². The minimum atomic E-state index is 0.678. The summed E-state index contributed by atoms with van der Waals surface area (Å²) in [7, 11) is 0. The van der Waals surface area contributed by atoms with Crippen LogP contribution in [0.1, 0.15) is 0 Å². The van der Waals surface area contributed by atoms with E-state index in [2.05, 4.69) is 30.3 Å². The van der Waals surface area contributed by atoms with E-state index >= 15 is 0 Å². The summed E-state index contributed by atoms with van der Waals surface area (Å²) in [5.74, 6) is 0. The Morgan fingerprint density at radius 2 is 1.04 bits per heavy atom. The molecular formula is C23H16ClN. The van der Waals surface area contributed by atoms with Crippen molar-refractivity contribution in [3.05, 3.63) is 102 Å². The lowest BCUT2D eigenvalue weighted by molar-refractivity contribution is 1.32. The van der Waals surface area contributed by atoms with Crippen LogP contribution in [-0.2, 0) is 0 Å². The summed E-state index contributed by atoms with van der Waals surface area (Å²) in [6.45, 7) is 0. The van der Waals surface area contributed by atoms with Gasteiger partial charge in [-0.15, -0.1) is 0 Å². The van der Waals surface area contributed by atoms with Crippen molar-refractivity contribution in [1.82, 2.24) is 4.98 Å². The van der Waals surface area contributed by atoms with Crippen molar-refractivity contribution in [2.45, 2.75) is 0 Å². The molecule has 0 spiro atoms. The Bertz CT molecular complexity index is 920. The number of nitrogens with zero attached hydrogens (tertiary/aromatic N) is 1. The van der Waals surface area contributed by atoms with Crippen molar-refractivity contribution in [3.8, 4) is 33.6 Å². The highest BCUT2D eigenvalue weighted by atomic mass is 35.5. The molecule has 0 N–H and O–H groups in total. The van der Waals surface area contributed by atoms with Crippen molar-refractivity contribution in [2.75, 3.05) is 0 Å². The second-order valence-corrected chi connectivity index (χ2v) is 6.19. The molecule has 4 rings (SSSR count). The minimum Gasteiger partial charge on any atom is -0.246 e. The second-order valence-electron chi connectivity index (χ2n) is 5.82. The molecule has 0 bridgehead atoms. The highest BCUT2D eigenvalue weighted by Gasteiger charge is 2.14. The van der Waals surface area contributed by atoms with Gasteiger partial charge >= 0.3 is 0 Å². The van der Waals surface area contributed by atoms with E-state index in [0.717, 1.165) is 33.6 Å². The van der Waals surface area contributed by atoms with E-state index in [1.54, 1.807) is 0 Å². The summed E-state index contributed by atoms with van der Waals surface area (Å²) >= 11 is 6.77. The minimum absolute atomic E-state index is 0.678. The number of rotatable bonds is 3. The number of aromatic nitrogens is 1. The Labute approximate surface area is 152 Å². The van der Waals surface area contributed by atoms with Crippen molar-refractivity contribution >= 4 is 11.6 Å². The van der Waals surface area contributed by atoms with Crippen molar-refractivity contribution < 1.29 is 0 Å². The molecule has 3 aromatic carbocycles. The van der Waals surface area contributed by atoms with Crippen LogP contribution in [0.15, 0.2) is 97.1 Å². The van der Waals surface area contributed by atoms with Crippen molar-refractivity contribution in [1.29, 1.82) is 0 Å². The molecule has 0 aliphatic heterocycles. The molecule has 25 heavy (non-hydrogen) atoms. The standard InChI is InChI=1S/C23H16ClN/c24-22-20(17-10-4-1-5-11-17)16-21(18-12-6-2-7-13-18)25-23(22)19-14-8-3-9-15-19/h1-16H. The summed E-state index contributed by atoms with van der Waals surface area (Å²) < 4.78 is 0. The van der Waals surface area contributed by atoms with Crippen LogP contribution in [-0.4, -0.2) is 4.98 Å². The number of hydrogen-bond donors (Lipinski definition) is 0. The molecule has 4 aromatic rings. The van der Waals surface area contributed by atoms with Gasteiger partial charge in [-0.3, -0.25) is 0 Å². The number of halogens is 1. The first-order valence-corrected chi connectivity index (χ1v) is 8.57. The lowest BCUT2D eigenvalue weighted by atomic mass is 10.00. The summed E-state index contributed by atoms with van der Waals surface area (Å²) in [6, 6.07) is 32.6. The maximum Gasteiger partial charge on any atom is 0.0901 e. The van der Waals surface area contributed by atoms with Crippen LogP contribution >= 0.6 is 11.6 Å². The van der Waals surface area contributed by atoms with Crippen LogP contribution in [0.25, 0.3) is 33.6 Å². The van der Waals surface area contributed by atoms with Gasteiger partial charge in [0.25, 0.3) is 0 Å². The lowest BCUT2D eigenvalue weighted by Crippen LogP contribution is -1.93. The van der Waals surface area contributed by atoms with Gasteiger partial charge in [0.05, 0.1) is 16.4 Å². The highest BCUT2D eigenvalue weighted by molar-refractivity contribution is 6.36. The van der Waals surface area contributed by atoms with E-state index < -0.39 is 0 Å². The van der Waals surface area contributed by atoms with Gasteiger partial charge in [-0.05, 0) is 11.6 Å². The smallest absolute Gasteiger partial charge is 0.0901 e. The lowest BCUT2D eigenvalue weighted by Gasteiger charge is -2.13. The van der Waals surface area contributed by atoms with Crippen LogP contribution in [0.5, 0.6) is 0 Å². The quantitative estimate of drug-likeness (QED) is 0.402. The zero-order valence-corrected chi connectivity index (χ0v) is 14.3. The van der Waals surface area contributed by atoms with Crippen LogP contribution in [0.2, 0.25) is 5.02 Å². The Kier molecular flexibility index (Phi) is 4.32. The predicted molar refractivity (Wildman–Crippen MR) is 106 cm³/mol. The predicted octanol–water partition coefficient (Wildman–Crippen LogP) is 6.74. The fourth-order valence-corrected chi connectivity index (χ4v) is 3.22. The van der Waals surface area contributed by atoms with E-state index in [1.807, 2.05) is 66.7 Å². The fraction of sp³-hybridized carbons (Fsp3) is 0. The molecule has 0 aliphatic carbocycles. The highest BCUT2D eigenvalue weighted by Crippen LogP contribution is 2.37. The van der Waals surface area contributed by atoms with Gasteiger partial charge in [0, 0.05) is 16.7 Å². The van der Waals surface area contributed by atoms with E-state index in [-0.39, 0.29) is 0 Å². The van der Waals surface area contributed by atoms with Crippen LogP contribution in [0.4, 0.5) is 0 Å². The summed E-state index contributed by atoms with van der Waals surface area (Å²) in [4.78, 5) is 4.87. The number of pyridine rings is 1. The van der Waals surface area contributed by atoms with Crippen LogP contribution in [0, 0.1) is 0 Å². The molecular weight excluding hydrogens is 326 g/mol. The molecule has 1 nitrogen and oxygen atoms in total. The van der Waals surface area contributed by atoms with Gasteiger partial charge in [0.2, 0.25) is 0 Å². The molecule has 0 fully saturated rings. The first kappa shape index (κ1) is 15.6. The van der Waals surface area contributed by atoms with Gasteiger partial charge < -0.3 is 0 Å². The molecule has 0 amide bonds. The van der Waals surface area contributed by atoms with Crippen molar-refractivity contribution in [3.63, 3.8) is 0 Å². The first-order valence-electron chi connectivity index (χ1n) is 8.20. The monoisotopic (exact) mass is 341 g/mol. The molecule has 0 atom stereocenters. The van der Waals surface area contributed by atoms with E-state index in [4.69, 9.17) is 16.6 Å². The van der Waals surface area contributed by atoms with E-state index in [0.29, 0.717) is 5.02 Å². The molecule has 120 valence electrons. The summed E-state index contributed by atoms with van der Waals surface area (Å²) in [5.41, 5.74) is 5.90. The third kappa shape index (κ3) is 3.19. The summed E-state index contributed by atoms with van der Waals surface area (Å²) in [6.07, 6.45) is 0. The first-order chi connectivity index (χ1) is 12.3. The molecule has 0 aliphatic rings. The van der Waals surface area contributed by atoms with E-state index in [9.17, 15) is 0 Å². The molecule has 0 unspecified atom stereocenters. The van der Waals surface area contributed by atoms with Crippen LogP contribution < -0.4 is 0 Å². The SMILES string of the molecule is Clc1c(-c2ccccc2)cc(-c2ccccc2)nc1-c1ccccc1. The maximum atomic E-state index is 6.77. The largest absolute Gasteiger partial charge is 0.246 e. The number of benzene rings is 3. The third-order valence-corrected chi connectivity index (χ3v) is 4.54. The Morgan fingerprint density at radius 1 is 0.560 bits per heavy atom. The van der Waals surface area contributed by atoms with Crippen LogP contribution in [0.3, 0.4) is 0 Å². The van der Waals surface area contributed by atoms with Gasteiger partial charge in [-0.2, -0.15) is 0 Å². The topological polar surface area (TPSA) is 12.9 Å². The Balaban J connectivity index is 1.98. The van der Waals surface area contributed by atoms with Crippen molar-refractivity contribution in [2.24, 2.45) is 0 Å². The fourth-order valence-electron chi connectivity index (χ4n) is 2.90.